The van der Waals surface area contributed by atoms with E-state index >= 15 is 0 Å². The van der Waals surface area contributed by atoms with Gasteiger partial charge in [0.05, 0.1) is 25.4 Å². The third-order valence-electron chi connectivity index (χ3n) is 10.5. The fourth-order valence-corrected chi connectivity index (χ4v) is 6.83. The molecule has 1 aliphatic heterocycles. The van der Waals surface area contributed by atoms with Crippen molar-refractivity contribution in [3.05, 3.63) is 23.8 Å². The lowest BCUT2D eigenvalue weighted by molar-refractivity contribution is -0.302. The summed E-state index contributed by atoms with van der Waals surface area (Å²) < 4.78 is 11.1. The number of allylic oxidation sites excluding steroid dienone is 3. The van der Waals surface area contributed by atoms with Crippen molar-refractivity contribution in [3.8, 4) is 0 Å². The van der Waals surface area contributed by atoms with Crippen LogP contribution < -0.4 is 5.32 Å². The van der Waals surface area contributed by atoms with E-state index in [9.17, 15) is 35.4 Å². The summed E-state index contributed by atoms with van der Waals surface area (Å²) in [7, 11) is 0. The zero-order valence-corrected chi connectivity index (χ0v) is 33.9. The third kappa shape index (κ3) is 24.0. The molecule has 0 bridgehead atoms. The number of carbonyl (C=O) groups excluding carboxylic acids is 1. The molecule has 1 heterocycles. The number of amides is 1. The summed E-state index contributed by atoms with van der Waals surface area (Å²) in [4.78, 5) is 13.0. The normalized spacial score (nSPS) is 22.7. The molecule has 8 unspecified atom stereocenters. The average molecular weight is 756 g/mol. The van der Waals surface area contributed by atoms with Crippen molar-refractivity contribution in [1.29, 1.82) is 0 Å². The maximum absolute atomic E-state index is 13.0. The maximum Gasteiger partial charge on any atom is 0.249 e. The van der Waals surface area contributed by atoms with Crippen LogP contribution >= 0.6 is 0 Å². The first-order valence-electron chi connectivity index (χ1n) is 21.6. The smallest absolute Gasteiger partial charge is 0.249 e. The molecule has 0 aromatic rings. The van der Waals surface area contributed by atoms with Crippen molar-refractivity contribution in [1.82, 2.24) is 5.32 Å². The molecule has 7 N–H and O–H groups in total. The van der Waals surface area contributed by atoms with Crippen LogP contribution in [0.1, 0.15) is 181 Å². The number of ether oxygens (including phenoxy) is 2. The summed E-state index contributed by atoms with van der Waals surface area (Å²) in [5.74, 6) is -0.626. The SMILES string of the molecule is CCCCCCCCCCCCCCCCC(O)C(=O)NC(COC1OC(CO)C(O)C(O)C1O)C(O)/C=C/CC/C=C(\C)CCCCCCCCC. The van der Waals surface area contributed by atoms with Gasteiger partial charge in [0.15, 0.2) is 6.29 Å². The van der Waals surface area contributed by atoms with Crippen LogP contribution in [0, 0.1) is 0 Å². The predicted molar refractivity (Wildman–Crippen MR) is 213 cm³/mol. The van der Waals surface area contributed by atoms with Crippen molar-refractivity contribution in [2.45, 2.75) is 230 Å². The van der Waals surface area contributed by atoms with E-state index in [0.717, 1.165) is 32.1 Å². The van der Waals surface area contributed by atoms with Gasteiger partial charge in [0.25, 0.3) is 0 Å². The van der Waals surface area contributed by atoms with E-state index in [1.807, 2.05) is 6.08 Å². The van der Waals surface area contributed by atoms with Crippen molar-refractivity contribution in [2.24, 2.45) is 0 Å². The highest BCUT2D eigenvalue weighted by Crippen LogP contribution is 2.23. The summed E-state index contributed by atoms with van der Waals surface area (Å²) in [5.41, 5.74) is 1.36. The Hall–Kier alpha value is -1.37. The molecule has 0 aromatic heterocycles. The van der Waals surface area contributed by atoms with Crippen LogP contribution in [-0.4, -0.2) is 98.7 Å². The summed E-state index contributed by atoms with van der Waals surface area (Å²) in [5, 5.41) is 64.6. The summed E-state index contributed by atoms with van der Waals surface area (Å²) in [6.07, 6.45) is 24.9. The highest BCUT2D eigenvalue weighted by atomic mass is 16.7. The molecule has 0 spiro atoms. The number of aliphatic hydroxyl groups excluding tert-OH is 6. The Morgan fingerprint density at radius 3 is 1.75 bits per heavy atom. The van der Waals surface area contributed by atoms with Crippen LogP contribution in [0.3, 0.4) is 0 Å². The van der Waals surface area contributed by atoms with Crippen LogP contribution in [0.5, 0.6) is 0 Å². The number of hydrogen-bond donors (Lipinski definition) is 7. The van der Waals surface area contributed by atoms with Crippen molar-refractivity contribution >= 4 is 5.91 Å². The second-order valence-electron chi connectivity index (χ2n) is 15.5. The van der Waals surface area contributed by atoms with Crippen LogP contribution in [-0.2, 0) is 14.3 Å². The molecule has 53 heavy (non-hydrogen) atoms. The molecular weight excluding hydrogens is 674 g/mol. The minimum absolute atomic E-state index is 0.306. The van der Waals surface area contributed by atoms with E-state index in [4.69, 9.17) is 9.47 Å². The van der Waals surface area contributed by atoms with Gasteiger partial charge in [-0.1, -0.05) is 166 Å². The molecule has 1 aliphatic rings. The molecule has 0 aromatic carbocycles. The van der Waals surface area contributed by atoms with Crippen molar-refractivity contribution < 1.29 is 44.9 Å². The van der Waals surface area contributed by atoms with Crippen LogP contribution in [0.15, 0.2) is 23.8 Å². The fraction of sp³-hybridized carbons (Fsp3) is 0.884. The first-order chi connectivity index (χ1) is 25.7. The maximum atomic E-state index is 13.0. The Balaban J connectivity index is 2.54. The Bertz CT molecular complexity index is 929. The minimum atomic E-state index is -1.61. The molecule has 1 fully saturated rings. The Labute approximate surface area is 322 Å². The third-order valence-corrected chi connectivity index (χ3v) is 10.5. The molecule has 0 saturated carbocycles. The molecule has 8 atom stereocenters. The molecule has 0 radical (unpaired) electrons. The molecule has 1 amide bonds. The van der Waals surface area contributed by atoms with Crippen molar-refractivity contribution in [2.75, 3.05) is 13.2 Å². The number of unbranched alkanes of at least 4 members (excludes halogenated alkanes) is 20. The lowest BCUT2D eigenvalue weighted by Gasteiger charge is -2.40. The number of hydrogen-bond acceptors (Lipinski definition) is 9. The Kier molecular flexibility index (Phi) is 30.8. The van der Waals surface area contributed by atoms with Gasteiger partial charge in [-0.3, -0.25) is 4.79 Å². The van der Waals surface area contributed by atoms with Gasteiger partial charge >= 0.3 is 0 Å². The highest BCUT2D eigenvalue weighted by molar-refractivity contribution is 5.80. The summed E-state index contributed by atoms with van der Waals surface area (Å²) in [6, 6.07) is -0.994. The average Bonchev–Trinajstić information content (AvgIpc) is 3.15. The quantitative estimate of drug-likeness (QED) is 0.0263. The van der Waals surface area contributed by atoms with Crippen LogP contribution in [0.2, 0.25) is 0 Å². The summed E-state index contributed by atoms with van der Waals surface area (Å²) >= 11 is 0. The monoisotopic (exact) mass is 756 g/mol. The fourth-order valence-electron chi connectivity index (χ4n) is 6.83. The number of rotatable bonds is 34. The summed E-state index contributed by atoms with van der Waals surface area (Å²) in [6.45, 7) is 5.72. The van der Waals surface area contributed by atoms with E-state index in [1.54, 1.807) is 6.08 Å². The lowest BCUT2D eigenvalue weighted by Crippen LogP contribution is -2.60. The van der Waals surface area contributed by atoms with Crippen molar-refractivity contribution in [3.63, 3.8) is 0 Å². The predicted octanol–water partition coefficient (Wildman–Crippen LogP) is 7.30. The van der Waals surface area contributed by atoms with Gasteiger partial charge in [-0.15, -0.1) is 0 Å². The molecule has 1 saturated heterocycles. The van der Waals surface area contributed by atoms with Crippen LogP contribution in [0.4, 0.5) is 0 Å². The molecular formula is C43H81NO9. The van der Waals surface area contributed by atoms with Gasteiger partial charge in [0.1, 0.15) is 30.5 Å². The highest BCUT2D eigenvalue weighted by Gasteiger charge is 2.44. The molecule has 10 heteroatoms. The van der Waals surface area contributed by atoms with Gasteiger partial charge in [0, 0.05) is 0 Å². The Morgan fingerprint density at radius 2 is 1.23 bits per heavy atom. The number of nitrogens with one attached hydrogen (secondary N) is 1. The zero-order chi connectivity index (χ0) is 39.1. The van der Waals surface area contributed by atoms with Gasteiger partial charge < -0.3 is 45.4 Å². The topological polar surface area (TPSA) is 169 Å². The Morgan fingerprint density at radius 1 is 0.717 bits per heavy atom. The van der Waals surface area contributed by atoms with Gasteiger partial charge in [0.2, 0.25) is 5.91 Å². The van der Waals surface area contributed by atoms with E-state index in [1.165, 1.54) is 115 Å². The molecule has 1 rings (SSSR count). The minimum Gasteiger partial charge on any atom is -0.394 e. The second kappa shape index (κ2) is 32.8. The van der Waals surface area contributed by atoms with E-state index in [-0.39, 0.29) is 6.61 Å². The zero-order valence-electron chi connectivity index (χ0n) is 33.9. The lowest BCUT2D eigenvalue weighted by atomic mass is 9.99. The number of aliphatic hydroxyl groups is 6. The molecule has 10 nitrogen and oxygen atoms in total. The van der Waals surface area contributed by atoms with E-state index < -0.39 is 61.5 Å². The second-order valence-corrected chi connectivity index (χ2v) is 15.5. The van der Waals surface area contributed by atoms with E-state index in [2.05, 4.69) is 32.2 Å². The van der Waals surface area contributed by atoms with Gasteiger partial charge in [-0.2, -0.15) is 0 Å². The van der Waals surface area contributed by atoms with Crippen LogP contribution in [0.25, 0.3) is 0 Å². The first kappa shape index (κ1) is 49.6. The standard InChI is InChI=1S/C43H81NO9/c1-4-6-8-10-12-13-14-15-16-17-18-20-22-26-31-37(47)42(51)44-35(33-52-43-41(50)40(49)39(48)38(32-45)53-43)36(46)30-27-23-25-29-34(3)28-24-21-19-11-9-7-5-2/h27,29-30,35-41,43,45-50H,4-26,28,31-33H2,1-3H3,(H,44,51)/b30-27+,34-29+. The molecule has 312 valence electrons. The largest absolute Gasteiger partial charge is 0.394 e. The van der Waals surface area contributed by atoms with E-state index in [0.29, 0.717) is 19.3 Å². The van der Waals surface area contributed by atoms with Gasteiger partial charge in [-0.25, -0.2) is 0 Å². The first-order valence-corrected chi connectivity index (χ1v) is 21.6. The van der Waals surface area contributed by atoms with Gasteiger partial charge in [-0.05, 0) is 39.0 Å². The molecule has 0 aliphatic carbocycles. The number of carbonyl (C=O) groups is 1.